The van der Waals surface area contributed by atoms with Crippen LogP contribution in [0.15, 0.2) is 12.3 Å². The third kappa shape index (κ3) is 9.41. The fraction of sp³-hybridized carbons (Fsp3) is 0.818. The third-order valence-corrected chi connectivity index (χ3v) is 2.02. The molecule has 0 saturated heterocycles. The molecule has 0 aliphatic heterocycles. The van der Waals surface area contributed by atoms with Gasteiger partial charge in [-0.25, -0.2) is 0 Å². The molecule has 1 atom stereocenters. The van der Waals surface area contributed by atoms with Crippen LogP contribution in [0, 0.1) is 0 Å². The van der Waals surface area contributed by atoms with Crippen LogP contribution < -0.4 is 5.32 Å². The van der Waals surface area contributed by atoms with E-state index in [0.29, 0.717) is 0 Å². The minimum atomic E-state index is -0.383. The quantitative estimate of drug-likeness (QED) is 0.450. The molecule has 0 fully saturated rings. The summed E-state index contributed by atoms with van der Waals surface area (Å²) in [6.45, 7) is 4.17. The number of allylic oxidation sites excluding steroid dienone is 1. The molecule has 0 heterocycles. The monoisotopic (exact) mass is 185 g/mol. The van der Waals surface area contributed by atoms with Crippen molar-refractivity contribution in [3.05, 3.63) is 12.3 Å². The predicted octanol–water partition coefficient (Wildman–Crippen LogP) is 2.79. The Morgan fingerprint density at radius 3 is 2.62 bits per heavy atom. The van der Waals surface area contributed by atoms with E-state index in [0.717, 1.165) is 12.8 Å². The van der Waals surface area contributed by atoms with Gasteiger partial charge in [-0.15, -0.1) is 0 Å². The highest BCUT2D eigenvalue weighted by atomic mass is 16.3. The second-order valence-electron chi connectivity index (χ2n) is 3.34. The Morgan fingerprint density at radius 2 is 2.00 bits per heavy atom. The normalized spacial score (nSPS) is 13.5. The topological polar surface area (TPSA) is 32.3 Å². The van der Waals surface area contributed by atoms with E-state index in [-0.39, 0.29) is 6.23 Å². The van der Waals surface area contributed by atoms with Gasteiger partial charge in [-0.1, -0.05) is 39.2 Å². The summed E-state index contributed by atoms with van der Waals surface area (Å²) in [5.74, 6) is 0. The van der Waals surface area contributed by atoms with Crippen molar-refractivity contribution in [1.82, 2.24) is 5.32 Å². The predicted molar refractivity (Wildman–Crippen MR) is 57.3 cm³/mol. The van der Waals surface area contributed by atoms with Crippen LogP contribution in [0.25, 0.3) is 0 Å². The molecule has 0 saturated carbocycles. The lowest BCUT2D eigenvalue weighted by molar-refractivity contribution is 0.149. The van der Waals surface area contributed by atoms with Gasteiger partial charge in [-0.05, 0) is 25.5 Å². The number of nitrogens with one attached hydrogen (secondary N) is 1. The molecule has 2 nitrogen and oxygen atoms in total. The van der Waals surface area contributed by atoms with Crippen molar-refractivity contribution in [2.24, 2.45) is 0 Å². The van der Waals surface area contributed by atoms with Gasteiger partial charge >= 0.3 is 0 Å². The maximum absolute atomic E-state index is 9.14. The van der Waals surface area contributed by atoms with Crippen LogP contribution in [-0.4, -0.2) is 11.3 Å². The highest BCUT2D eigenvalue weighted by Gasteiger charge is 1.91. The highest BCUT2D eigenvalue weighted by molar-refractivity contribution is 4.79. The van der Waals surface area contributed by atoms with E-state index in [2.05, 4.69) is 18.3 Å². The Kier molecular flexibility index (Phi) is 9.22. The molecule has 0 aliphatic carbocycles. The summed E-state index contributed by atoms with van der Waals surface area (Å²) >= 11 is 0. The lowest BCUT2D eigenvalue weighted by atomic mass is 10.1. The van der Waals surface area contributed by atoms with Crippen LogP contribution in [0.4, 0.5) is 0 Å². The molecule has 0 aliphatic rings. The summed E-state index contributed by atoms with van der Waals surface area (Å²) in [5.41, 5.74) is 0. The smallest absolute Gasteiger partial charge is 0.123 e. The van der Waals surface area contributed by atoms with Gasteiger partial charge in [0.05, 0.1) is 0 Å². The SMILES string of the molecule is CCCCCCC=CNC(O)CC. The van der Waals surface area contributed by atoms with Crippen LogP contribution in [0.3, 0.4) is 0 Å². The maximum atomic E-state index is 9.14. The maximum Gasteiger partial charge on any atom is 0.123 e. The van der Waals surface area contributed by atoms with Gasteiger partial charge in [0.2, 0.25) is 0 Å². The molecule has 2 N–H and O–H groups in total. The molecule has 0 bridgehead atoms. The number of rotatable bonds is 8. The third-order valence-electron chi connectivity index (χ3n) is 2.02. The summed E-state index contributed by atoms with van der Waals surface area (Å²) < 4.78 is 0. The Morgan fingerprint density at radius 1 is 1.23 bits per heavy atom. The molecule has 0 aromatic rings. The second kappa shape index (κ2) is 9.59. The fourth-order valence-corrected chi connectivity index (χ4v) is 1.07. The number of aliphatic hydroxyl groups excluding tert-OH is 1. The average molecular weight is 185 g/mol. The molecule has 0 rings (SSSR count). The first-order valence-electron chi connectivity index (χ1n) is 5.40. The van der Waals surface area contributed by atoms with E-state index in [1.807, 2.05) is 13.1 Å². The van der Waals surface area contributed by atoms with Crippen molar-refractivity contribution in [2.45, 2.75) is 58.6 Å². The zero-order valence-electron chi connectivity index (χ0n) is 8.92. The first kappa shape index (κ1) is 12.5. The van der Waals surface area contributed by atoms with Crippen LogP contribution in [0.2, 0.25) is 0 Å². The van der Waals surface area contributed by atoms with Crippen molar-refractivity contribution in [1.29, 1.82) is 0 Å². The first-order valence-corrected chi connectivity index (χ1v) is 5.40. The summed E-state index contributed by atoms with van der Waals surface area (Å²) in [5, 5.41) is 12.0. The van der Waals surface area contributed by atoms with E-state index in [1.165, 1.54) is 25.7 Å². The molecule has 78 valence electrons. The number of hydrogen-bond acceptors (Lipinski definition) is 2. The Balaban J connectivity index is 3.12. The molecular formula is C11H23NO. The molecule has 0 spiro atoms. The van der Waals surface area contributed by atoms with Gasteiger partial charge in [-0.2, -0.15) is 0 Å². The highest BCUT2D eigenvalue weighted by Crippen LogP contribution is 2.02. The van der Waals surface area contributed by atoms with Gasteiger partial charge in [0.15, 0.2) is 0 Å². The lowest BCUT2D eigenvalue weighted by Crippen LogP contribution is -2.21. The van der Waals surface area contributed by atoms with Crippen LogP contribution in [0.1, 0.15) is 52.4 Å². The van der Waals surface area contributed by atoms with Gasteiger partial charge in [-0.3, -0.25) is 0 Å². The molecule has 0 aromatic heterocycles. The van der Waals surface area contributed by atoms with E-state index in [9.17, 15) is 0 Å². The van der Waals surface area contributed by atoms with Crippen molar-refractivity contribution >= 4 is 0 Å². The van der Waals surface area contributed by atoms with Gasteiger partial charge in [0.1, 0.15) is 6.23 Å². The molecule has 0 amide bonds. The lowest BCUT2D eigenvalue weighted by Gasteiger charge is -2.05. The number of hydrogen-bond donors (Lipinski definition) is 2. The minimum Gasteiger partial charge on any atom is -0.374 e. The molecule has 0 radical (unpaired) electrons. The zero-order chi connectivity index (χ0) is 9.94. The number of aliphatic hydroxyl groups is 1. The van der Waals surface area contributed by atoms with Crippen molar-refractivity contribution < 1.29 is 5.11 Å². The minimum absolute atomic E-state index is 0.383. The zero-order valence-corrected chi connectivity index (χ0v) is 8.92. The summed E-state index contributed by atoms with van der Waals surface area (Å²) in [6.07, 6.45) is 10.6. The summed E-state index contributed by atoms with van der Waals surface area (Å²) in [4.78, 5) is 0. The largest absolute Gasteiger partial charge is 0.374 e. The molecule has 13 heavy (non-hydrogen) atoms. The van der Waals surface area contributed by atoms with E-state index >= 15 is 0 Å². The van der Waals surface area contributed by atoms with Crippen molar-refractivity contribution in [3.8, 4) is 0 Å². The van der Waals surface area contributed by atoms with Gasteiger partial charge < -0.3 is 10.4 Å². The van der Waals surface area contributed by atoms with E-state index < -0.39 is 0 Å². The second-order valence-corrected chi connectivity index (χ2v) is 3.34. The van der Waals surface area contributed by atoms with E-state index in [1.54, 1.807) is 0 Å². The molecule has 2 heteroatoms. The summed E-state index contributed by atoms with van der Waals surface area (Å²) in [6, 6.07) is 0. The standard InChI is InChI=1S/C11H23NO/c1-3-5-6-7-8-9-10-12-11(13)4-2/h9-13H,3-8H2,1-2H3. The Bertz CT molecular complexity index is 123. The summed E-state index contributed by atoms with van der Waals surface area (Å²) in [7, 11) is 0. The Hall–Kier alpha value is -0.500. The van der Waals surface area contributed by atoms with Crippen molar-refractivity contribution in [3.63, 3.8) is 0 Å². The van der Waals surface area contributed by atoms with Crippen molar-refractivity contribution in [2.75, 3.05) is 0 Å². The molecular weight excluding hydrogens is 162 g/mol. The van der Waals surface area contributed by atoms with Gasteiger partial charge in [0, 0.05) is 0 Å². The van der Waals surface area contributed by atoms with E-state index in [4.69, 9.17) is 5.11 Å². The number of unbranched alkanes of at least 4 members (excludes halogenated alkanes) is 4. The van der Waals surface area contributed by atoms with Gasteiger partial charge in [0.25, 0.3) is 0 Å². The van der Waals surface area contributed by atoms with Crippen LogP contribution >= 0.6 is 0 Å². The molecule has 1 unspecified atom stereocenters. The fourth-order valence-electron chi connectivity index (χ4n) is 1.07. The van der Waals surface area contributed by atoms with Crippen LogP contribution in [0.5, 0.6) is 0 Å². The molecule has 0 aromatic carbocycles. The van der Waals surface area contributed by atoms with Crippen LogP contribution in [-0.2, 0) is 0 Å². The first-order chi connectivity index (χ1) is 6.31. The average Bonchev–Trinajstić information content (AvgIpc) is 2.16. The Labute approximate surface area is 82.0 Å².